The largest absolute Gasteiger partial charge is 0.412 e. The lowest BCUT2D eigenvalue weighted by molar-refractivity contribution is -0.137. The van der Waals surface area contributed by atoms with Gasteiger partial charge in [-0.05, 0) is 31.0 Å². The predicted octanol–water partition coefficient (Wildman–Crippen LogP) is 1.10. The second kappa shape index (κ2) is 5.09. The lowest BCUT2D eigenvalue weighted by Gasteiger charge is -2.45. The first-order chi connectivity index (χ1) is 9.06. The predicted molar refractivity (Wildman–Crippen MR) is 78.8 cm³/mol. The molecule has 0 aromatic heterocycles. The number of hydrogen-bond donors (Lipinski definition) is 2. The molecule has 20 heavy (non-hydrogen) atoms. The molecule has 0 aromatic rings. The van der Waals surface area contributed by atoms with Gasteiger partial charge in [-0.3, -0.25) is 4.79 Å². The van der Waals surface area contributed by atoms with Crippen LogP contribution in [0.2, 0.25) is 18.1 Å². The van der Waals surface area contributed by atoms with Crippen LogP contribution in [0, 0.1) is 0 Å². The van der Waals surface area contributed by atoms with Gasteiger partial charge in [-0.15, -0.1) is 0 Å². The van der Waals surface area contributed by atoms with Crippen LogP contribution in [0.15, 0.2) is 0 Å². The van der Waals surface area contributed by atoms with E-state index in [1.165, 1.54) is 0 Å². The fourth-order valence-electron chi connectivity index (χ4n) is 2.83. The summed E-state index contributed by atoms with van der Waals surface area (Å²) in [5.41, 5.74) is 0. The van der Waals surface area contributed by atoms with Crippen molar-refractivity contribution in [2.24, 2.45) is 0 Å². The summed E-state index contributed by atoms with van der Waals surface area (Å²) >= 11 is 0. The van der Waals surface area contributed by atoms with Gasteiger partial charge >= 0.3 is 0 Å². The first-order valence-corrected chi connectivity index (χ1v) is 10.3. The summed E-state index contributed by atoms with van der Waals surface area (Å²) in [4.78, 5) is 13.5. The number of hydrogen-bond acceptors (Lipinski definition) is 4. The van der Waals surface area contributed by atoms with Crippen molar-refractivity contribution in [1.29, 1.82) is 0 Å². The zero-order chi connectivity index (χ0) is 15.3. The molecule has 4 atom stereocenters. The van der Waals surface area contributed by atoms with Gasteiger partial charge in [0.1, 0.15) is 6.10 Å². The molecule has 2 aliphatic heterocycles. The molecule has 6 heteroatoms. The van der Waals surface area contributed by atoms with Crippen molar-refractivity contribution in [2.45, 2.75) is 76.1 Å². The fourth-order valence-corrected chi connectivity index (χ4v) is 4.20. The summed E-state index contributed by atoms with van der Waals surface area (Å²) in [7, 11) is -1.96. The second-order valence-electron chi connectivity index (χ2n) is 7.52. The summed E-state index contributed by atoms with van der Waals surface area (Å²) < 4.78 is 6.40. The van der Waals surface area contributed by atoms with Crippen molar-refractivity contribution < 1.29 is 19.4 Å². The maximum Gasteiger partial charge on any atom is 0.254 e. The number of piperidine rings is 1. The molecule has 2 aliphatic rings. The van der Waals surface area contributed by atoms with E-state index in [9.17, 15) is 15.0 Å². The van der Waals surface area contributed by atoms with Crippen LogP contribution in [0.3, 0.4) is 0 Å². The number of carbonyl (C=O) groups is 1. The number of aliphatic hydroxyl groups is 2. The molecule has 0 saturated carbocycles. The van der Waals surface area contributed by atoms with Crippen LogP contribution in [0.25, 0.3) is 0 Å². The van der Waals surface area contributed by atoms with E-state index in [1.807, 2.05) is 0 Å². The number of carbonyl (C=O) groups excluding carboxylic acids is 1. The lowest BCUT2D eigenvalue weighted by Crippen LogP contribution is -2.55. The van der Waals surface area contributed by atoms with E-state index < -0.39 is 20.5 Å². The third-order valence-corrected chi connectivity index (χ3v) is 9.59. The van der Waals surface area contributed by atoms with Gasteiger partial charge in [0.15, 0.2) is 14.4 Å². The Kier molecular flexibility index (Phi) is 4.05. The SMILES string of the molecule is CC(C)(C)[Si](C)(C)O[C@@H]1CCCN2C(=O)[C@@H](O)[C@@H](O)[C@@H]12. The smallest absolute Gasteiger partial charge is 0.254 e. The Morgan fingerprint density at radius 2 is 1.90 bits per heavy atom. The zero-order valence-corrected chi connectivity index (χ0v) is 14.1. The molecular formula is C14H27NO4Si. The Bertz CT molecular complexity index is 393. The number of rotatable bonds is 2. The van der Waals surface area contributed by atoms with Crippen LogP contribution in [-0.2, 0) is 9.22 Å². The van der Waals surface area contributed by atoms with Crippen LogP contribution in [0.5, 0.6) is 0 Å². The van der Waals surface area contributed by atoms with Crippen molar-refractivity contribution >= 4 is 14.2 Å². The molecule has 0 aromatic carbocycles. The average Bonchev–Trinajstić information content (AvgIpc) is 2.54. The monoisotopic (exact) mass is 301 g/mol. The van der Waals surface area contributed by atoms with Gasteiger partial charge in [0, 0.05) is 6.54 Å². The maximum atomic E-state index is 11.9. The topological polar surface area (TPSA) is 70.0 Å². The van der Waals surface area contributed by atoms with Gasteiger partial charge in [0.25, 0.3) is 5.91 Å². The zero-order valence-electron chi connectivity index (χ0n) is 13.1. The number of nitrogens with zero attached hydrogens (tertiary/aromatic N) is 1. The van der Waals surface area contributed by atoms with Crippen molar-refractivity contribution in [1.82, 2.24) is 4.90 Å². The molecule has 2 heterocycles. The number of fused-ring (bicyclic) bond motifs is 1. The van der Waals surface area contributed by atoms with E-state index in [1.54, 1.807) is 4.90 Å². The first-order valence-electron chi connectivity index (χ1n) is 7.41. The van der Waals surface area contributed by atoms with Crippen molar-refractivity contribution in [3.05, 3.63) is 0 Å². The van der Waals surface area contributed by atoms with Gasteiger partial charge < -0.3 is 19.5 Å². The molecule has 1 amide bonds. The van der Waals surface area contributed by atoms with Crippen molar-refractivity contribution in [3.63, 3.8) is 0 Å². The first kappa shape index (κ1) is 15.9. The average molecular weight is 301 g/mol. The van der Waals surface area contributed by atoms with Gasteiger partial charge in [-0.2, -0.15) is 0 Å². The lowest BCUT2D eigenvalue weighted by atomic mass is 9.97. The van der Waals surface area contributed by atoms with E-state index in [0.29, 0.717) is 6.54 Å². The Hall–Kier alpha value is -0.433. The fraction of sp³-hybridized carbons (Fsp3) is 0.929. The Morgan fingerprint density at radius 3 is 2.45 bits per heavy atom. The molecule has 0 unspecified atom stereocenters. The number of aliphatic hydroxyl groups excluding tert-OH is 2. The highest BCUT2D eigenvalue weighted by molar-refractivity contribution is 6.74. The van der Waals surface area contributed by atoms with Crippen LogP contribution in [0.1, 0.15) is 33.6 Å². The van der Waals surface area contributed by atoms with Gasteiger partial charge in [0.2, 0.25) is 0 Å². The summed E-state index contributed by atoms with van der Waals surface area (Å²) in [6.07, 6.45) is -0.784. The van der Waals surface area contributed by atoms with Crippen LogP contribution >= 0.6 is 0 Å². The molecule has 5 nitrogen and oxygen atoms in total. The normalized spacial score (nSPS) is 35.4. The highest BCUT2D eigenvalue weighted by Gasteiger charge is 2.53. The molecular weight excluding hydrogens is 274 g/mol. The molecule has 116 valence electrons. The molecule has 0 spiro atoms. The van der Waals surface area contributed by atoms with Gasteiger partial charge in [-0.25, -0.2) is 0 Å². The highest BCUT2D eigenvalue weighted by atomic mass is 28.4. The van der Waals surface area contributed by atoms with Crippen molar-refractivity contribution in [2.75, 3.05) is 6.54 Å². The third-order valence-electron chi connectivity index (χ3n) is 5.09. The Labute approximate surface area is 122 Å². The molecule has 2 N–H and O–H groups in total. The summed E-state index contributed by atoms with van der Waals surface area (Å²) in [6.45, 7) is 11.5. The van der Waals surface area contributed by atoms with E-state index in [4.69, 9.17) is 4.43 Å². The standard InChI is InChI=1S/C14H27NO4Si/c1-14(2,3)20(4,5)19-9-7-6-8-15-10(9)11(16)12(17)13(15)18/h9-12,16-17H,6-8H2,1-5H3/t9-,10-,11+,12+/m1/s1. The van der Waals surface area contributed by atoms with Crippen molar-refractivity contribution in [3.8, 4) is 0 Å². The van der Waals surface area contributed by atoms with E-state index in [-0.39, 0.29) is 23.1 Å². The molecule has 0 aliphatic carbocycles. The summed E-state index contributed by atoms with van der Waals surface area (Å²) in [6, 6.07) is -0.389. The highest BCUT2D eigenvalue weighted by Crippen LogP contribution is 2.40. The minimum absolute atomic E-state index is 0.0848. The third kappa shape index (κ3) is 2.54. The second-order valence-corrected chi connectivity index (χ2v) is 12.3. The Balaban J connectivity index is 2.19. The molecule has 0 bridgehead atoms. The van der Waals surface area contributed by atoms with Gasteiger partial charge in [0.05, 0.1) is 12.1 Å². The van der Waals surface area contributed by atoms with E-state index in [0.717, 1.165) is 12.8 Å². The van der Waals surface area contributed by atoms with Crippen LogP contribution < -0.4 is 0 Å². The minimum atomic E-state index is -1.96. The Morgan fingerprint density at radius 1 is 1.30 bits per heavy atom. The maximum absolute atomic E-state index is 11.9. The minimum Gasteiger partial charge on any atom is -0.412 e. The molecule has 2 rings (SSSR count). The summed E-state index contributed by atoms with van der Waals surface area (Å²) in [5.74, 6) is -0.356. The number of amides is 1. The summed E-state index contributed by atoms with van der Waals surface area (Å²) in [5, 5.41) is 20.0. The van der Waals surface area contributed by atoms with Gasteiger partial charge in [-0.1, -0.05) is 20.8 Å². The molecule has 2 saturated heterocycles. The molecule has 0 radical (unpaired) electrons. The van der Waals surface area contributed by atoms with Crippen LogP contribution in [0.4, 0.5) is 0 Å². The van der Waals surface area contributed by atoms with E-state index >= 15 is 0 Å². The molecule has 2 fully saturated rings. The van der Waals surface area contributed by atoms with Crippen LogP contribution in [-0.4, -0.2) is 60.2 Å². The van der Waals surface area contributed by atoms with E-state index in [2.05, 4.69) is 33.9 Å². The quantitative estimate of drug-likeness (QED) is 0.750.